The molecule has 1 aromatic heterocycles. The van der Waals surface area contributed by atoms with Gasteiger partial charge < -0.3 is 4.90 Å². The largest absolute Gasteiger partial charge is 0.354 e. The van der Waals surface area contributed by atoms with E-state index in [4.69, 9.17) is 0 Å². The molecule has 0 saturated carbocycles. The molecule has 0 fully saturated rings. The van der Waals surface area contributed by atoms with E-state index in [0.29, 0.717) is 6.42 Å². The van der Waals surface area contributed by atoms with Gasteiger partial charge in [0.1, 0.15) is 0 Å². The molecule has 1 aromatic rings. The number of nitrogens with zero attached hydrogens (tertiary/aromatic N) is 2. The number of carbonyl (C=O) groups excluding carboxylic acids is 1. The Morgan fingerprint density at radius 1 is 1.38 bits per heavy atom. The van der Waals surface area contributed by atoms with Gasteiger partial charge in [-0.05, 0) is 12.8 Å². The van der Waals surface area contributed by atoms with Crippen LogP contribution in [-0.2, 0) is 6.42 Å². The molecule has 0 aliphatic heterocycles. The minimum atomic E-state index is 0.270. The number of Topliss-reactive ketones (excluding diaryl/α,β-unsaturated/α-hetero) is 1. The number of aromatic nitrogens is 1. The Labute approximate surface area is 81.4 Å². The highest BCUT2D eigenvalue weighted by Gasteiger charge is 2.22. The first-order valence-corrected chi connectivity index (χ1v) is 5.20. The lowest BCUT2D eigenvalue weighted by Gasteiger charge is -2.06. The van der Waals surface area contributed by atoms with Gasteiger partial charge in [-0.25, -0.2) is 4.98 Å². The number of anilines is 1. The first kappa shape index (κ1) is 8.69. The van der Waals surface area contributed by atoms with Gasteiger partial charge in [-0.3, -0.25) is 4.79 Å². The van der Waals surface area contributed by atoms with Crippen LogP contribution in [0.15, 0.2) is 0 Å². The minimum Gasteiger partial charge on any atom is -0.354 e. The fourth-order valence-electron chi connectivity index (χ4n) is 1.45. The van der Waals surface area contributed by atoms with Gasteiger partial charge in [0.05, 0.1) is 10.6 Å². The fourth-order valence-corrected chi connectivity index (χ4v) is 2.45. The van der Waals surface area contributed by atoms with E-state index in [-0.39, 0.29) is 5.78 Å². The number of fused-ring (bicyclic) bond motifs is 1. The van der Waals surface area contributed by atoms with E-state index < -0.39 is 0 Å². The van der Waals surface area contributed by atoms with Crippen molar-refractivity contribution in [2.75, 3.05) is 19.0 Å². The lowest BCUT2D eigenvalue weighted by molar-refractivity contribution is 0.0976. The van der Waals surface area contributed by atoms with Crippen molar-refractivity contribution >= 4 is 22.3 Å². The molecule has 0 radical (unpaired) electrons. The third-order valence-corrected chi connectivity index (χ3v) is 3.45. The van der Waals surface area contributed by atoms with E-state index in [9.17, 15) is 4.79 Å². The summed E-state index contributed by atoms with van der Waals surface area (Å²) in [5, 5.41) is 0.945. The van der Waals surface area contributed by atoms with Gasteiger partial charge >= 0.3 is 0 Å². The number of hydrogen-bond donors (Lipinski definition) is 0. The Balaban J connectivity index is 2.42. The summed E-state index contributed by atoms with van der Waals surface area (Å²) in [4.78, 5) is 18.7. The number of ketones is 1. The highest BCUT2D eigenvalue weighted by molar-refractivity contribution is 7.17. The Morgan fingerprint density at radius 2 is 2.15 bits per heavy atom. The average Bonchev–Trinajstić information content (AvgIpc) is 2.49. The van der Waals surface area contributed by atoms with Crippen LogP contribution in [0.25, 0.3) is 0 Å². The van der Waals surface area contributed by atoms with Gasteiger partial charge in [-0.2, -0.15) is 0 Å². The SMILES string of the molecule is CN(C)c1nc2c(s1)C(=O)CCC2. The maximum absolute atomic E-state index is 11.5. The van der Waals surface area contributed by atoms with Crippen molar-refractivity contribution in [2.24, 2.45) is 0 Å². The van der Waals surface area contributed by atoms with Crippen LogP contribution in [0.3, 0.4) is 0 Å². The molecule has 4 heteroatoms. The maximum Gasteiger partial charge on any atom is 0.185 e. The minimum absolute atomic E-state index is 0.270. The lowest BCUT2D eigenvalue weighted by atomic mass is 10.0. The second kappa shape index (κ2) is 3.10. The van der Waals surface area contributed by atoms with Crippen molar-refractivity contribution in [3.05, 3.63) is 10.6 Å². The van der Waals surface area contributed by atoms with Crippen LogP contribution in [0.1, 0.15) is 28.2 Å². The normalized spacial score (nSPS) is 15.7. The number of thiazole rings is 1. The average molecular weight is 196 g/mol. The third kappa shape index (κ3) is 1.46. The molecule has 70 valence electrons. The molecule has 13 heavy (non-hydrogen) atoms. The molecule has 1 aliphatic rings. The molecular weight excluding hydrogens is 184 g/mol. The number of hydrogen-bond acceptors (Lipinski definition) is 4. The molecule has 0 saturated heterocycles. The van der Waals surface area contributed by atoms with Crippen LogP contribution in [0.5, 0.6) is 0 Å². The molecule has 0 spiro atoms. The van der Waals surface area contributed by atoms with Crippen molar-refractivity contribution < 1.29 is 4.79 Å². The van der Waals surface area contributed by atoms with Crippen LogP contribution < -0.4 is 4.90 Å². The Hall–Kier alpha value is -0.900. The second-order valence-corrected chi connectivity index (χ2v) is 4.42. The monoisotopic (exact) mass is 196 g/mol. The molecule has 0 amide bonds. The molecular formula is C9H12N2OS. The third-order valence-electron chi connectivity index (χ3n) is 2.14. The summed E-state index contributed by atoms with van der Waals surface area (Å²) in [6, 6.07) is 0. The standard InChI is InChI=1S/C9H12N2OS/c1-11(2)9-10-6-4-3-5-7(12)8(6)13-9/h3-5H2,1-2H3. The summed E-state index contributed by atoms with van der Waals surface area (Å²) in [7, 11) is 3.91. The summed E-state index contributed by atoms with van der Waals surface area (Å²) < 4.78 is 0. The van der Waals surface area contributed by atoms with Gasteiger partial charge in [-0.15, -0.1) is 0 Å². The van der Waals surface area contributed by atoms with E-state index in [1.807, 2.05) is 19.0 Å². The zero-order chi connectivity index (χ0) is 9.42. The maximum atomic E-state index is 11.5. The summed E-state index contributed by atoms with van der Waals surface area (Å²) in [5.74, 6) is 0.270. The van der Waals surface area contributed by atoms with E-state index in [0.717, 1.165) is 28.5 Å². The van der Waals surface area contributed by atoms with E-state index >= 15 is 0 Å². The van der Waals surface area contributed by atoms with Crippen LogP contribution in [-0.4, -0.2) is 24.9 Å². The van der Waals surface area contributed by atoms with Gasteiger partial charge in [0, 0.05) is 20.5 Å². The molecule has 0 atom stereocenters. The van der Waals surface area contributed by atoms with Gasteiger partial charge in [-0.1, -0.05) is 11.3 Å². The zero-order valence-corrected chi connectivity index (χ0v) is 8.65. The summed E-state index contributed by atoms with van der Waals surface area (Å²) >= 11 is 1.52. The van der Waals surface area contributed by atoms with E-state index in [1.165, 1.54) is 11.3 Å². The van der Waals surface area contributed by atoms with E-state index in [2.05, 4.69) is 4.98 Å². The Kier molecular flexibility index (Phi) is 2.07. The predicted octanol–water partition coefficient (Wildman–Crippen LogP) is 1.73. The summed E-state index contributed by atoms with van der Waals surface area (Å²) in [6.45, 7) is 0. The van der Waals surface area contributed by atoms with Crippen molar-refractivity contribution in [3.63, 3.8) is 0 Å². The highest BCUT2D eigenvalue weighted by atomic mass is 32.1. The van der Waals surface area contributed by atoms with Gasteiger partial charge in [0.25, 0.3) is 0 Å². The van der Waals surface area contributed by atoms with Crippen molar-refractivity contribution in [3.8, 4) is 0 Å². The Morgan fingerprint density at radius 3 is 2.77 bits per heavy atom. The summed E-state index contributed by atoms with van der Waals surface area (Å²) in [6.07, 6.45) is 2.62. The first-order valence-electron chi connectivity index (χ1n) is 4.38. The van der Waals surface area contributed by atoms with Crippen LogP contribution in [0, 0.1) is 0 Å². The highest BCUT2D eigenvalue weighted by Crippen LogP contribution is 2.30. The zero-order valence-electron chi connectivity index (χ0n) is 7.83. The molecule has 3 nitrogen and oxygen atoms in total. The molecule has 2 rings (SSSR count). The number of carbonyl (C=O) groups is 1. The predicted molar refractivity (Wildman–Crippen MR) is 53.7 cm³/mol. The smallest absolute Gasteiger partial charge is 0.185 e. The first-order chi connectivity index (χ1) is 6.18. The number of aryl methyl sites for hydroxylation is 1. The van der Waals surface area contributed by atoms with Gasteiger partial charge in [0.15, 0.2) is 10.9 Å². The molecule has 0 aromatic carbocycles. The quantitative estimate of drug-likeness (QED) is 0.685. The topological polar surface area (TPSA) is 33.2 Å². The molecule has 1 aliphatic carbocycles. The fraction of sp³-hybridized carbons (Fsp3) is 0.556. The molecule has 0 N–H and O–H groups in total. The van der Waals surface area contributed by atoms with Crippen LogP contribution >= 0.6 is 11.3 Å². The van der Waals surface area contributed by atoms with Crippen molar-refractivity contribution in [2.45, 2.75) is 19.3 Å². The van der Waals surface area contributed by atoms with E-state index in [1.54, 1.807) is 0 Å². The molecule has 1 heterocycles. The second-order valence-electron chi connectivity index (χ2n) is 3.44. The van der Waals surface area contributed by atoms with Crippen molar-refractivity contribution in [1.29, 1.82) is 0 Å². The number of rotatable bonds is 1. The van der Waals surface area contributed by atoms with Crippen molar-refractivity contribution in [1.82, 2.24) is 4.98 Å². The summed E-state index contributed by atoms with van der Waals surface area (Å²) in [5.41, 5.74) is 1.00. The lowest BCUT2D eigenvalue weighted by Crippen LogP contribution is -2.09. The van der Waals surface area contributed by atoms with Crippen LogP contribution in [0.2, 0.25) is 0 Å². The van der Waals surface area contributed by atoms with Gasteiger partial charge in [0.2, 0.25) is 0 Å². The van der Waals surface area contributed by atoms with Crippen LogP contribution in [0.4, 0.5) is 5.13 Å². The molecule has 0 unspecified atom stereocenters. The Bertz CT molecular complexity index is 343. The molecule has 0 bridgehead atoms.